The molecule has 3 heterocycles. The standard InChI is InChI=1S/C27H41N2O11PS2/c1-25(2,3)23(31)42-11-9-37-41(34,38-10-12-43-24(32)26(4,5)6)39-14-17-20(30)27(7,33)21(40-17)16-13-36-19-18(16)28-15-29-22(19)35-8/h13,15,17,20-21,30,33H,9-12,14H2,1-8H3/t17-,20-,21+,27-/m1/s1. The molecule has 1 aliphatic heterocycles. The van der Waals surface area contributed by atoms with Gasteiger partial charge in [0, 0.05) is 27.9 Å². The fourth-order valence-corrected chi connectivity index (χ4v) is 6.89. The second-order valence-electron chi connectivity index (χ2n) is 12.2. The summed E-state index contributed by atoms with van der Waals surface area (Å²) in [5.74, 6) is 0.583. The molecular weight excluding hydrogens is 623 g/mol. The van der Waals surface area contributed by atoms with Crippen LogP contribution in [0.25, 0.3) is 11.1 Å². The average Bonchev–Trinajstić information content (AvgIpc) is 3.44. The number of aliphatic hydroxyl groups excluding tert-OH is 1. The number of hydrogen-bond acceptors (Lipinski definition) is 15. The Bertz CT molecular complexity index is 1280. The van der Waals surface area contributed by atoms with Gasteiger partial charge in [-0.05, 0) is 6.92 Å². The van der Waals surface area contributed by atoms with Crippen LogP contribution in [0.3, 0.4) is 0 Å². The van der Waals surface area contributed by atoms with E-state index >= 15 is 0 Å². The third kappa shape index (κ3) is 9.01. The summed E-state index contributed by atoms with van der Waals surface area (Å²) in [4.78, 5) is 32.7. The molecule has 16 heteroatoms. The van der Waals surface area contributed by atoms with Gasteiger partial charge in [-0.1, -0.05) is 65.1 Å². The van der Waals surface area contributed by atoms with Crippen LogP contribution in [0.1, 0.15) is 60.1 Å². The number of hydrogen-bond donors (Lipinski definition) is 2. The lowest BCUT2D eigenvalue weighted by Crippen LogP contribution is -2.43. The van der Waals surface area contributed by atoms with Gasteiger partial charge in [0.25, 0.3) is 5.88 Å². The molecule has 43 heavy (non-hydrogen) atoms. The zero-order chi connectivity index (χ0) is 32.2. The Morgan fingerprint density at radius 3 is 2.09 bits per heavy atom. The number of furan rings is 1. The minimum atomic E-state index is -4.25. The highest BCUT2D eigenvalue weighted by molar-refractivity contribution is 8.14. The van der Waals surface area contributed by atoms with E-state index in [1.54, 1.807) is 41.5 Å². The van der Waals surface area contributed by atoms with Crippen molar-refractivity contribution >= 4 is 52.7 Å². The fourth-order valence-electron chi connectivity index (χ4n) is 3.89. The first kappa shape index (κ1) is 35.9. The van der Waals surface area contributed by atoms with Crippen molar-refractivity contribution in [2.75, 3.05) is 38.4 Å². The van der Waals surface area contributed by atoms with Crippen LogP contribution in [0, 0.1) is 10.8 Å². The molecule has 2 N–H and O–H groups in total. The maximum absolute atomic E-state index is 13.6. The molecule has 2 aromatic rings. The maximum Gasteiger partial charge on any atom is 0.474 e. The van der Waals surface area contributed by atoms with Crippen molar-refractivity contribution in [2.24, 2.45) is 10.8 Å². The van der Waals surface area contributed by atoms with Gasteiger partial charge in [-0.3, -0.25) is 23.2 Å². The van der Waals surface area contributed by atoms with Crippen molar-refractivity contribution in [1.29, 1.82) is 0 Å². The zero-order valence-electron chi connectivity index (χ0n) is 25.6. The Balaban J connectivity index is 1.69. The van der Waals surface area contributed by atoms with E-state index in [1.807, 2.05) is 0 Å². The Morgan fingerprint density at radius 2 is 1.58 bits per heavy atom. The van der Waals surface area contributed by atoms with E-state index in [-0.39, 0.29) is 46.4 Å². The first-order valence-electron chi connectivity index (χ1n) is 13.6. The number of methoxy groups -OCH3 is 1. The van der Waals surface area contributed by atoms with Crippen molar-refractivity contribution in [3.8, 4) is 5.88 Å². The predicted molar refractivity (Wildman–Crippen MR) is 162 cm³/mol. The lowest BCUT2D eigenvalue weighted by molar-refractivity contribution is -0.118. The molecule has 0 aliphatic carbocycles. The number of rotatable bonds is 13. The first-order valence-corrected chi connectivity index (χ1v) is 17.0. The molecule has 2 aromatic heterocycles. The van der Waals surface area contributed by atoms with Crippen LogP contribution in [-0.2, 0) is 32.5 Å². The summed E-state index contributed by atoms with van der Waals surface area (Å²) >= 11 is 2.07. The zero-order valence-corrected chi connectivity index (χ0v) is 28.2. The monoisotopic (exact) mass is 664 g/mol. The van der Waals surface area contributed by atoms with Crippen LogP contribution in [0.5, 0.6) is 5.88 Å². The average molecular weight is 665 g/mol. The number of nitrogens with zero attached hydrogens (tertiary/aromatic N) is 2. The number of phosphoric acid groups is 1. The third-order valence-corrected chi connectivity index (χ3v) is 10.3. The summed E-state index contributed by atoms with van der Waals surface area (Å²) in [7, 11) is -2.82. The Labute approximate surface area is 259 Å². The van der Waals surface area contributed by atoms with Gasteiger partial charge in [0.05, 0.1) is 33.2 Å². The molecule has 0 spiro atoms. The van der Waals surface area contributed by atoms with Crippen LogP contribution >= 0.6 is 31.3 Å². The molecule has 1 aliphatic rings. The van der Waals surface area contributed by atoms with E-state index in [2.05, 4.69) is 9.97 Å². The van der Waals surface area contributed by atoms with Gasteiger partial charge in [0.2, 0.25) is 5.58 Å². The van der Waals surface area contributed by atoms with Gasteiger partial charge in [0.1, 0.15) is 35.8 Å². The number of fused-ring (bicyclic) bond motifs is 1. The third-order valence-electron chi connectivity index (χ3n) is 6.37. The second-order valence-corrected chi connectivity index (χ2v) is 16.0. The van der Waals surface area contributed by atoms with Crippen LogP contribution in [-0.4, -0.2) is 86.7 Å². The highest BCUT2D eigenvalue weighted by atomic mass is 32.2. The Kier molecular flexibility index (Phi) is 11.9. The molecule has 4 atom stereocenters. The van der Waals surface area contributed by atoms with Gasteiger partial charge in [-0.25, -0.2) is 9.55 Å². The Morgan fingerprint density at radius 1 is 1.02 bits per heavy atom. The number of aliphatic hydroxyl groups is 2. The summed E-state index contributed by atoms with van der Waals surface area (Å²) in [6.07, 6.45) is -1.12. The van der Waals surface area contributed by atoms with E-state index < -0.39 is 49.2 Å². The van der Waals surface area contributed by atoms with Crippen molar-refractivity contribution in [3.05, 3.63) is 18.2 Å². The minimum Gasteiger partial charge on any atom is -0.478 e. The van der Waals surface area contributed by atoms with Crippen molar-refractivity contribution in [1.82, 2.24) is 9.97 Å². The summed E-state index contributed by atoms with van der Waals surface area (Å²) in [5.41, 5.74) is -2.02. The number of aromatic nitrogens is 2. The van der Waals surface area contributed by atoms with Crippen LogP contribution in [0.15, 0.2) is 17.0 Å². The van der Waals surface area contributed by atoms with Crippen molar-refractivity contribution in [2.45, 2.75) is 72.4 Å². The quantitative estimate of drug-likeness (QED) is 0.225. The van der Waals surface area contributed by atoms with Crippen LogP contribution < -0.4 is 4.74 Å². The predicted octanol–water partition coefficient (Wildman–Crippen LogP) is 4.55. The normalized spacial score (nSPS) is 23.2. The molecular formula is C27H41N2O11PS2. The number of thioether (sulfide) groups is 2. The van der Waals surface area contributed by atoms with E-state index in [1.165, 1.54) is 26.6 Å². The van der Waals surface area contributed by atoms with Crippen molar-refractivity contribution < 1.29 is 51.8 Å². The largest absolute Gasteiger partial charge is 0.478 e. The topological polar surface area (TPSA) is 177 Å². The maximum atomic E-state index is 13.6. The number of phosphoric ester groups is 1. The van der Waals surface area contributed by atoms with Crippen LogP contribution in [0.2, 0.25) is 0 Å². The molecule has 0 bridgehead atoms. The second kappa shape index (κ2) is 14.3. The molecule has 0 saturated carbocycles. The number of carbonyl (C=O) groups is 2. The lowest BCUT2D eigenvalue weighted by Gasteiger charge is -2.26. The highest BCUT2D eigenvalue weighted by Gasteiger charge is 2.54. The van der Waals surface area contributed by atoms with E-state index in [4.69, 9.17) is 27.5 Å². The SMILES string of the molecule is COc1ncnc2c([C@@H]3O[C@H](COP(=O)(OCCSC(=O)C(C)(C)C)OCCSC(=O)C(C)(C)C)[C@@H](O)[C@@]3(C)O)coc12. The molecule has 0 unspecified atom stereocenters. The smallest absolute Gasteiger partial charge is 0.474 e. The fraction of sp³-hybridized carbons (Fsp3) is 0.704. The van der Waals surface area contributed by atoms with Crippen molar-refractivity contribution in [3.63, 3.8) is 0 Å². The van der Waals surface area contributed by atoms with Gasteiger partial charge < -0.3 is 24.1 Å². The minimum absolute atomic E-state index is 0.0599. The first-order chi connectivity index (χ1) is 19.9. The molecule has 0 radical (unpaired) electrons. The number of carbonyl (C=O) groups excluding carboxylic acids is 2. The highest BCUT2D eigenvalue weighted by Crippen LogP contribution is 2.51. The summed E-state index contributed by atoms with van der Waals surface area (Å²) < 4.78 is 46.9. The van der Waals surface area contributed by atoms with Gasteiger partial charge >= 0.3 is 7.82 Å². The molecule has 13 nitrogen and oxygen atoms in total. The van der Waals surface area contributed by atoms with E-state index in [0.717, 1.165) is 23.5 Å². The molecule has 1 fully saturated rings. The molecule has 3 rings (SSSR count). The van der Waals surface area contributed by atoms with E-state index in [0.29, 0.717) is 11.1 Å². The van der Waals surface area contributed by atoms with Crippen LogP contribution in [0.4, 0.5) is 0 Å². The van der Waals surface area contributed by atoms with Gasteiger partial charge in [-0.15, -0.1) is 0 Å². The summed E-state index contributed by atoms with van der Waals surface area (Å²) in [5, 5.41) is 22.1. The molecule has 0 amide bonds. The molecule has 0 aromatic carbocycles. The van der Waals surface area contributed by atoms with Gasteiger partial charge in [0.15, 0.2) is 10.2 Å². The molecule has 1 saturated heterocycles. The van der Waals surface area contributed by atoms with E-state index in [9.17, 15) is 24.4 Å². The van der Waals surface area contributed by atoms with Gasteiger partial charge in [-0.2, -0.15) is 4.98 Å². The number of ether oxygens (including phenoxy) is 2. The Hall–Kier alpha value is -1.55. The summed E-state index contributed by atoms with van der Waals surface area (Å²) in [6, 6.07) is 0. The molecule has 242 valence electrons. The lowest BCUT2D eigenvalue weighted by atomic mass is 9.89. The summed E-state index contributed by atoms with van der Waals surface area (Å²) in [6.45, 7) is 11.4.